The monoisotopic (exact) mass is 352 g/mol. The zero-order chi connectivity index (χ0) is 12.4. The summed E-state index contributed by atoms with van der Waals surface area (Å²) in [4.78, 5) is 12.2. The van der Waals surface area contributed by atoms with E-state index in [1.807, 2.05) is 49.4 Å². The van der Waals surface area contributed by atoms with Crippen LogP contribution >= 0.6 is 31.9 Å². The standard InChI is InChI=1S/C14H10Br2O/c1-9-2-3-11(8-13(9)16)14(17)10-4-6-12(15)7-5-10/h2-8H,1H3. The van der Waals surface area contributed by atoms with Crippen molar-refractivity contribution in [2.45, 2.75) is 6.92 Å². The van der Waals surface area contributed by atoms with Gasteiger partial charge in [-0.2, -0.15) is 0 Å². The summed E-state index contributed by atoms with van der Waals surface area (Å²) in [6.07, 6.45) is 0. The Bertz CT molecular complexity index is 559. The number of hydrogen-bond donors (Lipinski definition) is 0. The van der Waals surface area contributed by atoms with Crippen molar-refractivity contribution in [2.24, 2.45) is 0 Å². The topological polar surface area (TPSA) is 17.1 Å². The van der Waals surface area contributed by atoms with E-state index in [1.165, 1.54) is 0 Å². The maximum atomic E-state index is 12.2. The summed E-state index contributed by atoms with van der Waals surface area (Å²) in [6, 6.07) is 13.0. The molecule has 86 valence electrons. The van der Waals surface area contributed by atoms with Gasteiger partial charge in [0, 0.05) is 20.1 Å². The maximum Gasteiger partial charge on any atom is 0.193 e. The Morgan fingerprint density at radius 3 is 2.12 bits per heavy atom. The van der Waals surface area contributed by atoms with Crippen LogP contribution in [0.2, 0.25) is 0 Å². The van der Waals surface area contributed by atoms with Gasteiger partial charge in [-0.3, -0.25) is 4.79 Å². The fourth-order valence-corrected chi connectivity index (χ4v) is 2.15. The zero-order valence-corrected chi connectivity index (χ0v) is 12.4. The Morgan fingerprint density at radius 2 is 1.53 bits per heavy atom. The van der Waals surface area contributed by atoms with E-state index in [0.29, 0.717) is 11.1 Å². The highest BCUT2D eigenvalue weighted by atomic mass is 79.9. The molecule has 2 aromatic carbocycles. The normalized spacial score (nSPS) is 10.3. The molecule has 0 aliphatic rings. The van der Waals surface area contributed by atoms with Gasteiger partial charge in [-0.05, 0) is 42.8 Å². The molecule has 0 saturated carbocycles. The molecule has 17 heavy (non-hydrogen) atoms. The molecule has 0 atom stereocenters. The predicted octanol–water partition coefficient (Wildman–Crippen LogP) is 4.75. The number of halogens is 2. The predicted molar refractivity (Wildman–Crippen MR) is 76.5 cm³/mol. The van der Waals surface area contributed by atoms with Crippen LogP contribution in [-0.4, -0.2) is 5.78 Å². The van der Waals surface area contributed by atoms with Gasteiger partial charge in [0.05, 0.1) is 0 Å². The van der Waals surface area contributed by atoms with Crippen molar-refractivity contribution in [1.82, 2.24) is 0 Å². The smallest absolute Gasteiger partial charge is 0.193 e. The maximum absolute atomic E-state index is 12.2. The van der Waals surface area contributed by atoms with E-state index in [2.05, 4.69) is 31.9 Å². The molecule has 0 amide bonds. The van der Waals surface area contributed by atoms with Gasteiger partial charge in [-0.1, -0.05) is 44.0 Å². The molecular weight excluding hydrogens is 344 g/mol. The van der Waals surface area contributed by atoms with Gasteiger partial charge < -0.3 is 0 Å². The third kappa shape index (κ3) is 2.85. The first kappa shape index (κ1) is 12.5. The highest BCUT2D eigenvalue weighted by Gasteiger charge is 2.09. The van der Waals surface area contributed by atoms with Gasteiger partial charge in [0.2, 0.25) is 0 Å². The lowest BCUT2D eigenvalue weighted by Gasteiger charge is -2.04. The second-order valence-corrected chi connectivity index (χ2v) is 5.57. The number of ketones is 1. The molecule has 0 aliphatic heterocycles. The van der Waals surface area contributed by atoms with E-state index in [4.69, 9.17) is 0 Å². The lowest BCUT2D eigenvalue weighted by Crippen LogP contribution is -2.01. The van der Waals surface area contributed by atoms with Gasteiger partial charge in [0.25, 0.3) is 0 Å². The minimum absolute atomic E-state index is 0.0400. The number of aryl methyl sites for hydroxylation is 1. The minimum atomic E-state index is 0.0400. The summed E-state index contributed by atoms with van der Waals surface area (Å²) in [5.74, 6) is 0.0400. The second-order valence-electron chi connectivity index (χ2n) is 3.80. The lowest BCUT2D eigenvalue weighted by atomic mass is 10.0. The van der Waals surface area contributed by atoms with Crippen LogP contribution in [0.4, 0.5) is 0 Å². The van der Waals surface area contributed by atoms with Gasteiger partial charge in [-0.15, -0.1) is 0 Å². The average molecular weight is 354 g/mol. The molecule has 0 fully saturated rings. The SMILES string of the molecule is Cc1ccc(C(=O)c2ccc(Br)cc2)cc1Br. The van der Waals surface area contributed by atoms with Crippen LogP contribution in [0.5, 0.6) is 0 Å². The number of carbonyl (C=O) groups is 1. The van der Waals surface area contributed by atoms with Crippen molar-refractivity contribution in [2.75, 3.05) is 0 Å². The molecule has 2 rings (SSSR count). The number of carbonyl (C=O) groups excluding carboxylic acids is 1. The van der Waals surface area contributed by atoms with Crippen LogP contribution in [0.15, 0.2) is 51.4 Å². The molecule has 1 nitrogen and oxygen atoms in total. The molecule has 0 bridgehead atoms. The Kier molecular flexibility index (Phi) is 3.79. The zero-order valence-electron chi connectivity index (χ0n) is 9.21. The molecule has 2 aromatic rings. The molecule has 0 radical (unpaired) electrons. The van der Waals surface area contributed by atoms with Crippen molar-refractivity contribution in [3.8, 4) is 0 Å². The Balaban J connectivity index is 2.37. The van der Waals surface area contributed by atoms with Crippen LogP contribution < -0.4 is 0 Å². The summed E-state index contributed by atoms with van der Waals surface area (Å²) >= 11 is 6.79. The molecule has 0 aliphatic carbocycles. The van der Waals surface area contributed by atoms with Crippen LogP contribution in [0.25, 0.3) is 0 Å². The fraction of sp³-hybridized carbons (Fsp3) is 0.0714. The average Bonchev–Trinajstić information content (AvgIpc) is 2.33. The Labute approximate surface area is 117 Å². The van der Waals surface area contributed by atoms with Gasteiger partial charge in [0.1, 0.15) is 0 Å². The molecule has 0 unspecified atom stereocenters. The first-order chi connectivity index (χ1) is 8.08. The summed E-state index contributed by atoms with van der Waals surface area (Å²) in [5, 5.41) is 0. The first-order valence-corrected chi connectivity index (χ1v) is 6.73. The summed E-state index contributed by atoms with van der Waals surface area (Å²) in [5.41, 5.74) is 2.52. The Morgan fingerprint density at radius 1 is 0.941 bits per heavy atom. The Hall–Kier alpha value is -0.930. The summed E-state index contributed by atoms with van der Waals surface area (Å²) < 4.78 is 1.93. The van der Waals surface area contributed by atoms with Crippen molar-refractivity contribution in [3.05, 3.63) is 68.1 Å². The highest BCUT2D eigenvalue weighted by Crippen LogP contribution is 2.20. The quantitative estimate of drug-likeness (QED) is 0.712. The van der Waals surface area contributed by atoms with Crippen LogP contribution in [0.1, 0.15) is 21.5 Å². The number of benzene rings is 2. The third-order valence-corrected chi connectivity index (χ3v) is 3.92. The molecule has 0 aromatic heterocycles. The van der Waals surface area contributed by atoms with E-state index in [0.717, 1.165) is 14.5 Å². The van der Waals surface area contributed by atoms with Crippen molar-refractivity contribution < 1.29 is 4.79 Å². The minimum Gasteiger partial charge on any atom is -0.289 e. The molecular formula is C14H10Br2O. The molecule has 0 spiro atoms. The molecule has 0 saturated heterocycles. The molecule has 0 N–H and O–H groups in total. The number of hydrogen-bond acceptors (Lipinski definition) is 1. The van der Waals surface area contributed by atoms with Gasteiger partial charge in [0.15, 0.2) is 5.78 Å². The van der Waals surface area contributed by atoms with Crippen molar-refractivity contribution >= 4 is 37.6 Å². The van der Waals surface area contributed by atoms with E-state index in [9.17, 15) is 4.79 Å². The van der Waals surface area contributed by atoms with E-state index in [1.54, 1.807) is 0 Å². The van der Waals surface area contributed by atoms with Gasteiger partial charge >= 0.3 is 0 Å². The summed E-state index contributed by atoms with van der Waals surface area (Å²) in [7, 11) is 0. The van der Waals surface area contributed by atoms with E-state index >= 15 is 0 Å². The van der Waals surface area contributed by atoms with Crippen LogP contribution in [0, 0.1) is 6.92 Å². The third-order valence-electron chi connectivity index (χ3n) is 2.54. The molecule has 3 heteroatoms. The lowest BCUT2D eigenvalue weighted by molar-refractivity contribution is 0.103. The number of rotatable bonds is 2. The van der Waals surface area contributed by atoms with E-state index in [-0.39, 0.29) is 5.78 Å². The van der Waals surface area contributed by atoms with Crippen molar-refractivity contribution in [3.63, 3.8) is 0 Å². The van der Waals surface area contributed by atoms with E-state index < -0.39 is 0 Å². The van der Waals surface area contributed by atoms with Gasteiger partial charge in [-0.25, -0.2) is 0 Å². The largest absolute Gasteiger partial charge is 0.289 e. The van der Waals surface area contributed by atoms with Crippen LogP contribution in [0.3, 0.4) is 0 Å². The fourth-order valence-electron chi connectivity index (χ4n) is 1.50. The molecule has 0 heterocycles. The van der Waals surface area contributed by atoms with Crippen molar-refractivity contribution in [1.29, 1.82) is 0 Å². The first-order valence-electron chi connectivity index (χ1n) is 5.14. The second kappa shape index (κ2) is 5.15. The van der Waals surface area contributed by atoms with Crippen LogP contribution in [-0.2, 0) is 0 Å². The highest BCUT2D eigenvalue weighted by molar-refractivity contribution is 9.10. The summed E-state index contributed by atoms with van der Waals surface area (Å²) in [6.45, 7) is 2.00.